The Hall–Kier alpha value is -2.01. The van der Waals surface area contributed by atoms with E-state index in [4.69, 9.17) is 5.73 Å². The van der Waals surface area contributed by atoms with Crippen LogP contribution < -0.4 is 11.1 Å². The highest BCUT2D eigenvalue weighted by Gasteiger charge is 2.01. The molecule has 3 N–H and O–H groups in total. The average Bonchev–Trinajstić information content (AvgIpc) is 2.36. The molecule has 2 aromatic rings. The van der Waals surface area contributed by atoms with Gasteiger partial charge in [0, 0.05) is 28.9 Å². The Morgan fingerprint density at radius 1 is 1.25 bits per heavy atom. The predicted octanol–water partition coefficient (Wildman–Crippen LogP) is 3.66. The molecule has 0 atom stereocenters. The number of thioether (sulfide) groups is 1. The highest BCUT2D eigenvalue weighted by atomic mass is 32.2. The summed E-state index contributed by atoms with van der Waals surface area (Å²) in [6.07, 6.45) is 0. The molecule has 2 rings (SSSR count). The van der Waals surface area contributed by atoms with Crippen LogP contribution in [0, 0.1) is 5.82 Å². The van der Waals surface area contributed by atoms with Gasteiger partial charge in [-0.05, 0) is 48.0 Å². The van der Waals surface area contributed by atoms with Gasteiger partial charge in [-0.1, -0.05) is 0 Å². The van der Waals surface area contributed by atoms with Gasteiger partial charge < -0.3 is 11.1 Å². The molecular formula is C15H15FN2OS. The second-order valence-electron chi connectivity index (χ2n) is 4.39. The lowest BCUT2D eigenvalue weighted by Gasteiger charge is -2.06. The zero-order valence-corrected chi connectivity index (χ0v) is 11.8. The maximum Gasteiger partial charge on any atom is 0.221 e. The van der Waals surface area contributed by atoms with Crippen LogP contribution in [-0.2, 0) is 10.5 Å². The Bertz CT molecular complexity index is 594. The number of nitrogens with one attached hydrogen (secondary N) is 1. The van der Waals surface area contributed by atoms with Crippen molar-refractivity contribution >= 4 is 29.0 Å². The Kier molecular flexibility index (Phi) is 4.63. The molecule has 0 saturated carbocycles. The fourth-order valence-electron chi connectivity index (χ4n) is 1.76. The van der Waals surface area contributed by atoms with E-state index in [1.54, 1.807) is 17.8 Å². The lowest BCUT2D eigenvalue weighted by Crippen LogP contribution is -2.05. The zero-order chi connectivity index (χ0) is 14.5. The van der Waals surface area contributed by atoms with Crippen LogP contribution in [-0.4, -0.2) is 5.91 Å². The van der Waals surface area contributed by atoms with Crippen LogP contribution in [0.5, 0.6) is 0 Å². The topological polar surface area (TPSA) is 55.1 Å². The van der Waals surface area contributed by atoms with E-state index in [2.05, 4.69) is 5.32 Å². The minimum Gasteiger partial charge on any atom is -0.399 e. The van der Waals surface area contributed by atoms with Gasteiger partial charge in [-0.3, -0.25) is 4.79 Å². The quantitative estimate of drug-likeness (QED) is 0.667. The summed E-state index contributed by atoms with van der Waals surface area (Å²) in [5.41, 5.74) is 7.64. The molecule has 1 amide bonds. The number of benzene rings is 2. The molecule has 104 valence electrons. The van der Waals surface area contributed by atoms with E-state index in [0.29, 0.717) is 11.4 Å². The van der Waals surface area contributed by atoms with Crippen molar-refractivity contribution in [2.24, 2.45) is 0 Å². The number of hydrogen-bond donors (Lipinski definition) is 2. The molecular weight excluding hydrogens is 275 g/mol. The summed E-state index contributed by atoms with van der Waals surface area (Å²) in [6.45, 7) is 1.47. The highest BCUT2D eigenvalue weighted by Crippen LogP contribution is 2.25. The molecule has 0 spiro atoms. The van der Waals surface area contributed by atoms with Gasteiger partial charge in [0.15, 0.2) is 0 Å². The molecule has 0 aliphatic carbocycles. The molecule has 0 radical (unpaired) electrons. The smallest absolute Gasteiger partial charge is 0.221 e. The van der Waals surface area contributed by atoms with Gasteiger partial charge >= 0.3 is 0 Å². The Morgan fingerprint density at radius 3 is 2.55 bits per heavy atom. The van der Waals surface area contributed by atoms with Gasteiger partial charge in [-0.2, -0.15) is 0 Å². The summed E-state index contributed by atoms with van der Waals surface area (Å²) in [7, 11) is 0. The zero-order valence-electron chi connectivity index (χ0n) is 11.0. The van der Waals surface area contributed by atoms with Gasteiger partial charge in [0.05, 0.1) is 0 Å². The number of anilines is 2. The Morgan fingerprint density at radius 2 is 1.95 bits per heavy atom. The lowest BCUT2D eigenvalue weighted by atomic mass is 10.2. The van der Waals surface area contributed by atoms with Gasteiger partial charge in [0.1, 0.15) is 5.82 Å². The van der Waals surface area contributed by atoms with Crippen molar-refractivity contribution in [2.45, 2.75) is 17.6 Å². The molecule has 0 bridgehead atoms. The number of rotatable bonds is 4. The Balaban J connectivity index is 1.98. The maximum absolute atomic E-state index is 13.2. The van der Waals surface area contributed by atoms with Crippen molar-refractivity contribution in [3.8, 4) is 0 Å². The third-order valence-corrected chi connectivity index (χ3v) is 3.64. The highest BCUT2D eigenvalue weighted by molar-refractivity contribution is 7.98. The number of carbonyl (C=O) groups excluding carboxylic acids is 1. The van der Waals surface area contributed by atoms with Gasteiger partial charge in [-0.25, -0.2) is 4.39 Å². The standard InChI is InChI=1S/C15H15FN2OS/c1-10(19)18-14-2-4-15(5-3-14)20-9-11-6-12(16)8-13(17)7-11/h2-8H,9,17H2,1H3,(H,18,19). The molecule has 0 fully saturated rings. The third-order valence-electron chi connectivity index (χ3n) is 2.56. The van der Waals surface area contributed by atoms with E-state index in [1.165, 1.54) is 19.1 Å². The SMILES string of the molecule is CC(=O)Nc1ccc(SCc2cc(N)cc(F)c2)cc1. The number of amides is 1. The minimum absolute atomic E-state index is 0.0966. The van der Waals surface area contributed by atoms with Crippen LogP contribution in [0.15, 0.2) is 47.4 Å². The third kappa shape index (κ3) is 4.28. The predicted molar refractivity (Wildman–Crippen MR) is 81.1 cm³/mol. The summed E-state index contributed by atoms with van der Waals surface area (Å²) < 4.78 is 13.2. The lowest BCUT2D eigenvalue weighted by molar-refractivity contribution is -0.114. The van der Waals surface area contributed by atoms with Crippen LogP contribution in [0.4, 0.5) is 15.8 Å². The van der Waals surface area contributed by atoms with Crippen LogP contribution >= 0.6 is 11.8 Å². The molecule has 3 nitrogen and oxygen atoms in total. The van der Waals surface area contributed by atoms with Crippen molar-refractivity contribution in [3.63, 3.8) is 0 Å². The van der Waals surface area contributed by atoms with E-state index in [9.17, 15) is 9.18 Å². The summed E-state index contributed by atoms with van der Waals surface area (Å²) in [5.74, 6) is 0.226. The molecule has 5 heteroatoms. The maximum atomic E-state index is 13.2. The number of nitrogen functional groups attached to an aromatic ring is 1. The van der Waals surface area contributed by atoms with E-state index in [-0.39, 0.29) is 11.7 Å². The fourth-order valence-corrected chi connectivity index (χ4v) is 2.59. The number of nitrogens with two attached hydrogens (primary N) is 1. The first kappa shape index (κ1) is 14.4. The van der Waals surface area contributed by atoms with Crippen LogP contribution in [0.3, 0.4) is 0 Å². The second-order valence-corrected chi connectivity index (χ2v) is 5.44. The molecule has 0 aromatic heterocycles. The number of carbonyl (C=O) groups is 1. The first-order chi connectivity index (χ1) is 9.52. The van der Waals surface area contributed by atoms with Crippen molar-refractivity contribution in [2.75, 3.05) is 11.1 Å². The summed E-state index contributed by atoms with van der Waals surface area (Å²) >= 11 is 1.58. The summed E-state index contributed by atoms with van der Waals surface area (Å²) in [6, 6.07) is 12.1. The van der Waals surface area contributed by atoms with Gasteiger partial charge in [-0.15, -0.1) is 11.8 Å². The largest absolute Gasteiger partial charge is 0.399 e. The van der Waals surface area contributed by atoms with Crippen molar-refractivity contribution in [3.05, 3.63) is 53.8 Å². The van der Waals surface area contributed by atoms with Crippen LogP contribution in [0.1, 0.15) is 12.5 Å². The number of hydrogen-bond acceptors (Lipinski definition) is 3. The summed E-state index contributed by atoms with van der Waals surface area (Å²) in [5, 5.41) is 2.71. The molecule has 0 heterocycles. The van der Waals surface area contributed by atoms with E-state index in [0.717, 1.165) is 16.1 Å². The van der Waals surface area contributed by atoms with Crippen molar-refractivity contribution in [1.82, 2.24) is 0 Å². The monoisotopic (exact) mass is 290 g/mol. The molecule has 0 unspecified atom stereocenters. The van der Waals surface area contributed by atoms with Crippen molar-refractivity contribution < 1.29 is 9.18 Å². The van der Waals surface area contributed by atoms with Gasteiger partial charge in [0.25, 0.3) is 0 Å². The molecule has 0 aliphatic rings. The average molecular weight is 290 g/mol. The van der Waals surface area contributed by atoms with E-state index < -0.39 is 0 Å². The van der Waals surface area contributed by atoms with Crippen LogP contribution in [0.25, 0.3) is 0 Å². The minimum atomic E-state index is -0.318. The normalized spacial score (nSPS) is 10.3. The molecule has 0 saturated heterocycles. The Labute approximate surface area is 121 Å². The molecule has 0 aliphatic heterocycles. The fraction of sp³-hybridized carbons (Fsp3) is 0.133. The van der Waals surface area contributed by atoms with Crippen LogP contribution in [0.2, 0.25) is 0 Å². The molecule has 2 aromatic carbocycles. The second kappa shape index (κ2) is 6.43. The van der Waals surface area contributed by atoms with E-state index in [1.807, 2.05) is 24.3 Å². The summed E-state index contributed by atoms with van der Waals surface area (Å²) in [4.78, 5) is 12.0. The first-order valence-electron chi connectivity index (χ1n) is 6.08. The van der Waals surface area contributed by atoms with E-state index >= 15 is 0 Å². The molecule has 20 heavy (non-hydrogen) atoms. The first-order valence-corrected chi connectivity index (χ1v) is 7.07. The number of halogens is 1. The van der Waals surface area contributed by atoms with Gasteiger partial charge in [0.2, 0.25) is 5.91 Å². The van der Waals surface area contributed by atoms with Crippen molar-refractivity contribution in [1.29, 1.82) is 0 Å².